The van der Waals surface area contributed by atoms with E-state index >= 15 is 0 Å². The van der Waals surface area contributed by atoms with Gasteiger partial charge in [-0.05, 0) is 35.4 Å². The third-order valence-corrected chi connectivity index (χ3v) is 3.86. The van der Waals surface area contributed by atoms with E-state index in [0.29, 0.717) is 17.6 Å². The van der Waals surface area contributed by atoms with Crippen molar-refractivity contribution in [2.75, 3.05) is 17.3 Å². The molecule has 2 heterocycles. The zero-order valence-corrected chi connectivity index (χ0v) is 11.5. The number of fused-ring (bicyclic) bond motifs is 1. The number of nitrogens with zero attached hydrogens (tertiary/aromatic N) is 6. The van der Waals surface area contributed by atoms with E-state index in [9.17, 15) is 0 Å². The van der Waals surface area contributed by atoms with Crippen LogP contribution in [-0.2, 0) is 0 Å². The van der Waals surface area contributed by atoms with E-state index < -0.39 is 0 Å². The van der Waals surface area contributed by atoms with Gasteiger partial charge in [0.05, 0.1) is 0 Å². The van der Waals surface area contributed by atoms with Gasteiger partial charge in [0.2, 0.25) is 0 Å². The molecule has 0 N–H and O–H groups in total. The highest BCUT2D eigenvalue weighted by atomic mass is 35.5. The summed E-state index contributed by atoms with van der Waals surface area (Å²) >= 11 is 5.95. The molecule has 1 aliphatic carbocycles. The Bertz CT molecular complexity index is 536. The maximum atomic E-state index is 5.95. The fourth-order valence-corrected chi connectivity index (χ4v) is 2.94. The summed E-state index contributed by atoms with van der Waals surface area (Å²) < 4.78 is 1.47. The van der Waals surface area contributed by atoms with Crippen LogP contribution in [0.5, 0.6) is 0 Å². The lowest BCUT2D eigenvalue weighted by Gasteiger charge is -2.34. The van der Waals surface area contributed by atoms with Crippen LogP contribution in [0.15, 0.2) is 12.1 Å². The van der Waals surface area contributed by atoms with E-state index in [2.05, 4.69) is 25.5 Å². The number of halogens is 1. The maximum absolute atomic E-state index is 5.95. The Kier molecular flexibility index (Phi) is 3.77. The zero-order chi connectivity index (χ0) is 13.1. The molecule has 7 heteroatoms. The van der Waals surface area contributed by atoms with Gasteiger partial charge in [-0.3, -0.25) is 0 Å². The summed E-state index contributed by atoms with van der Waals surface area (Å²) in [5, 5.41) is 15.8. The SMILES string of the molecule is ClCCN(c1ccc2nnnn2n1)C1CCCCC1. The standard InChI is InChI=1S/C12H17ClN6/c13-8-9-18(10-4-2-1-3-5-10)12-7-6-11-14-16-17-19(11)15-12/h6-7,10H,1-5,8-9H2. The summed E-state index contributed by atoms with van der Waals surface area (Å²) in [6, 6.07) is 4.41. The molecule has 0 spiro atoms. The lowest BCUT2D eigenvalue weighted by atomic mass is 9.94. The Morgan fingerprint density at radius 1 is 1.26 bits per heavy atom. The summed E-state index contributed by atoms with van der Waals surface area (Å²) in [6.45, 7) is 0.812. The van der Waals surface area contributed by atoms with Crippen molar-refractivity contribution in [3.8, 4) is 0 Å². The molecular weight excluding hydrogens is 264 g/mol. The average Bonchev–Trinajstić information content (AvgIpc) is 2.93. The van der Waals surface area contributed by atoms with Crippen LogP contribution in [0, 0.1) is 0 Å². The van der Waals surface area contributed by atoms with Crippen molar-refractivity contribution < 1.29 is 0 Å². The van der Waals surface area contributed by atoms with Crippen molar-refractivity contribution in [1.29, 1.82) is 0 Å². The van der Waals surface area contributed by atoms with Gasteiger partial charge in [0, 0.05) is 18.5 Å². The zero-order valence-electron chi connectivity index (χ0n) is 10.7. The molecule has 0 aromatic carbocycles. The van der Waals surface area contributed by atoms with E-state index in [1.54, 1.807) is 0 Å². The molecule has 3 rings (SSSR count). The van der Waals surface area contributed by atoms with Crippen molar-refractivity contribution in [3.63, 3.8) is 0 Å². The van der Waals surface area contributed by atoms with Crippen molar-refractivity contribution in [1.82, 2.24) is 25.3 Å². The number of alkyl halides is 1. The molecule has 19 heavy (non-hydrogen) atoms. The number of aromatic nitrogens is 5. The summed E-state index contributed by atoms with van der Waals surface area (Å²) in [5.74, 6) is 1.51. The second kappa shape index (κ2) is 5.69. The molecule has 1 saturated carbocycles. The van der Waals surface area contributed by atoms with Crippen molar-refractivity contribution in [3.05, 3.63) is 12.1 Å². The van der Waals surface area contributed by atoms with Gasteiger partial charge in [-0.25, -0.2) is 0 Å². The molecule has 0 aliphatic heterocycles. The highest BCUT2D eigenvalue weighted by molar-refractivity contribution is 6.18. The highest BCUT2D eigenvalue weighted by Crippen LogP contribution is 2.26. The van der Waals surface area contributed by atoms with Crippen LogP contribution in [0.3, 0.4) is 0 Å². The molecule has 1 fully saturated rings. The first-order chi connectivity index (χ1) is 9.38. The Labute approximate surface area is 116 Å². The quantitative estimate of drug-likeness (QED) is 0.801. The Hall–Kier alpha value is -1.43. The first kappa shape index (κ1) is 12.6. The van der Waals surface area contributed by atoms with Crippen LogP contribution >= 0.6 is 11.6 Å². The monoisotopic (exact) mass is 280 g/mol. The fourth-order valence-electron chi connectivity index (χ4n) is 2.76. The molecular formula is C12H17ClN6. The van der Waals surface area contributed by atoms with Crippen LogP contribution in [0.2, 0.25) is 0 Å². The van der Waals surface area contributed by atoms with Crippen LogP contribution in [0.25, 0.3) is 5.65 Å². The molecule has 2 aromatic rings. The first-order valence-corrected chi connectivity index (χ1v) is 7.30. The molecule has 0 bridgehead atoms. The molecule has 1 aliphatic rings. The van der Waals surface area contributed by atoms with Crippen LogP contribution in [-0.4, -0.2) is 43.7 Å². The van der Waals surface area contributed by atoms with Crippen molar-refractivity contribution in [2.24, 2.45) is 0 Å². The average molecular weight is 281 g/mol. The van der Waals surface area contributed by atoms with Gasteiger partial charge in [-0.1, -0.05) is 19.3 Å². The predicted molar refractivity (Wildman–Crippen MR) is 73.5 cm³/mol. The van der Waals surface area contributed by atoms with Gasteiger partial charge >= 0.3 is 0 Å². The van der Waals surface area contributed by atoms with E-state index in [1.165, 1.54) is 36.7 Å². The largest absolute Gasteiger partial charge is 0.351 e. The Morgan fingerprint density at radius 2 is 2.11 bits per heavy atom. The van der Waals surface area contributed by atoms with Crippen LogP contribution < -0.4 is 4.90 Å². The Balaban J connectivity index is 1.88. The molecule has 2 aromatic heterocycles. The molecule has 0 radical (unpaired) electrons. The smallest absolute Gasteiger partial charge is 0.200 e. The van der Waals surface area contributed by atoms with E-state index in [1.807, 2.05) is 12.1 Å². The second-order valence-corrected chi connectivity index (χ2v) is 5.27. The molecule has 0 atom stereocenters. The van der Waals surface area contributed by atoms with Gasteiger partial charge in [-0.15, -0.1) is 26.4 Å². The number of rotatable bonds is 4. The summed E-state index contributed by atoms with van der Waals surface area (Å²) in [4.78, 5) is 2.30. The second-order valence-electron chi connectivity index (χ2n) is 4.89. The minimum absolute atomic E-state index is 0.536. The van der Waals surface area contributed by atoms with Crippen LogP contribution in [0.4, 0.5) is 5.82 Å². The third-order valence-electron chi connectivity index (χ3n) is 3.69. The highest BCUT2D eigenvalue weighted by Gasteiger charge is 2.22. The van der Waals surface area contributed by atoms with Crippen LogP contribution in [0.1, 0.15) is 32.1 Å². The van der Waals surface area contributed by atoms with E-state index in [0.717, 1.165) is 12.4 Å². The minimum atomic E-state index is 0.536. The number of tetrazole rings is 1. The maximum Gasteiger partial charge on any atom is 0.200 e. The lowest BCUT2D eigenvalue weighted by molar-refractivity contribution is 0.415. The molecule has 0 unspecified atom stereocenters. The fraction of sp³-hybridized carbons (Fsp3) is 0.667. The van der Waals surface area contributed by atoms with Gasteiger partial charge in [0.15, 0.2) is 11.5 Å². The van der Waals surface area contributed by atoms with Gasteiger partial charge < -0.3 is 4.90 Å². The molecule has 0 amide bonds. The van der Waals surface area contributed by atoms with Gasteiger partial charge in [-0.2, -0.15) is 0 Å². The van der Waals surface area contributed by atoms with E-state index in [-0.39, 0.29) is 0 Å². The summed E-state index contributed by atoms with van der Waals surface area (Å²) in [7, 11) is 0. The van der Waals surface area contributed by atoms with Crippen molar-refractivity contribution in [2.45, 2.75) is 38.1 Å². The molecule has 6 nitrogen and oxygen atoms in total. The van der Waals surface area contributed by atoms with Crippen molar-refractivity contribution >= 4 is 23.1 Å². The van der Waals surface area contributed by atoms with E-state index in [4.69, 9.17) is 11.6 Å². The number of hydrogen-bond acceptors (Lipinski definition) is 5. The summed E-state index contributed by atoms with van der Waals surface area (Å²) in [6.07, 6.45) is 6.34. The first-order valence-electron chi connectivity index (χ1n) is 6.76. The normalized spacial score (nSPS) is 16.9. The predicted octanol–water partition coefficient (Wildman–Crippen LogP) is 1.90. The Morgan fingerprint density at radius 3 is 2.89 bits per heavy atom. The topological polar surface area (TPSA) is 59.2 Å². The summed E-state index contributed by atoms with van der Waals surface area (Å²) in [5.41, 5.74) is 0.665. The number of anilines is 1. The lowest BCUT2D eigenvalue weighted by Crippen LogP contribution is -2.39. The third kappa shape index (κ3) is 2.63. The number of hydrogen-bond donors (Lipinski definition) is 0. The van der Waals surface area contributed by atoms with Gasteiger partial charge in [0.25, 0.3) is 0 Å². The molecule has 0 saturated heterocycles. The minimum Gasteiger partial charge on any atom is -0.351 e. The van der Waals surface area contributed by atoms with Gasteiger partial charge in [0.1, 0.15) is 0 Å². The molecule has 102 valence electrons.